The lowest BCUT2D eigenvalue weighted by Crippen LogP contribution is -2.11. The molecular weight excluding hydrogens is 424 g/mol. The van der Waals surface area contributed by atoms with Crippen LogP contribution >= 0.6 is 0 Å². The molecule has 0 spiro atoms. The maximum absolute atomic E-state index is 11.8. The van der Waals surface area contributed by atoms with Crippen LogP contribution < -0.4 is 0 Å². The summed E-state index contributed by atoms with van der Waals surface area (Å²) < 4.78 is 10.5. The van der Waals surface area contributed by atoms with E-state index in [0.717, 1.165) is 25.7 Å². The number of hydrogen-bond acceptors (Lipinski definition) is 4. The average molecular weight is 479 g/mol. The van der Waals surface area contributed by atoms with Crippen molar-refractivity contribution in [3.05, 3.63) is 24.3 Å². The molecule has 0 aromatic rings. The summed E-state index contributed by atoms with van der Waals surface area (Å²) in [7, 11) is 0. The third-order valence-corrected chi connectivity index (χ3v) is 5.83. The molecule has 0 heterocycles. The summed E-state index contributed by atoms with van der Waals surface area (Å²) >= 11 is 0. The first kappa shape index (κ1) is 32.4. The zero-order valence-electron chi connectivity index (χ0n) is 22.5. The Balaban J connectivity index is 3.35. The fourth-order valence-corrected chi connectivity index (χ4v) is 3.67. The summed E-state index contributed by atoms with van der Waals surface area (Å²) in [4.78, 5) is 23.5. The number of ether oxygens (including phenoxy) is 2. The average Bonchev–Trinajstić information content (AvgIpc) is 2.84. The minimum Gasteiger partial charge on any atom is -0.466 e. The highest BCUT2D eigenvalue weighted by Gasteiger charge is 2.09. The van der Waals surface area contributed by atoms with E-state index in [1.807, 2.05) is 0 Å². The van der Waals surface area contributed by atoms with Crippen LogP contribution in [0, 0.1) is 0 Å². The molecule has 0 amide bonds. The Morgan fingerprint density at radius 1 is 0.471 bits per heavy atom. The van der Waals surface area contributed by atoms with Crippen LogP contribution in [0.3, 0.4) is 0 Å². The van der Waals surface area contributed by atoms with Crippen LogP contribution in [-0.2, 0) is 19.1 Å². The molecule has 0 bridgehead atoms. The van der Waals surface area contributed by atoms with Crippen molar-refractivity contribution >= 4 is 11.9 Å². The van der Waals surface area contributed by atoms with Crippen LogP contribution in [0.2, 0.25) is 0 Å². The molecule has 0 saturated carbocycles. The maximum atomic E-state index is 11.8. The molecule has 0 rings (SSSR count). The summed E-state index contributed by atoms with van der Waals surface area (Å²) in [5.41, 5.74) is 0. The van der Waals surface area contributed by atoms with Crippen LogP contribution in [-0.4, -0.2) is 25.2 Å². The lowest BCUT2D eigenvalue weighted by molar-refractivity contribution is -0.150. The first-order valence-corrected chi connectivity index (χ1v) is 14.3. The number of rotatable bonds is 25. The van der Waals surface area contributed by atoms with Crippen LogP contribution in [0.5, 0.6) is 0 Å². The molecule has 198 valence electrons. The van der Waals surface area contributed by atoms with E-state index in [1.165, 1.54) is 89.9 Å². The minimum atomic E-state index is -0.291. The highest BCUT2D eigenvalue weighted by atomic mass is 16.5. The van der Waals surface area contributed by atoms with Crippen molar-refractivity contribution < 1.29 is 19.1 Å². The zero-order valence-corrected chi connectivity index (χ0v) is 22.5. The van der Waals surface area contributed by atoms with E-state index in [9.17, 15) is 9.59 Å². The van der Waals surface area contributed by atoms with Gasteiger partial charge in [-0.25, -0.2) is 0 Å². The van der Waals surface area contributed by atoms with Crippen molar-refractivity contribution in [3.8, 4) is 0 Å². The number of carbonyl (C=O) groups is 2. The largest absolute Gasteiger partial charge is 0.466 e. The third-order valence-electron chi connectivity index (χ3n) is 5.83. The van der Waals surface area contributed by atoms with Gasteiger partial charge in [0.15, 0.2) is 0 Å². The number of allylic oxidation sites excluding steroid dienone is 4. The fraction of sp³-hybridized carbons (Fsp3) is 0.800. The third kappa shape index (κ3) is 26.7. The summed E-state index contributed by atoms with van der Waals surface area (Å²) in [5, 5.41) is 0. The van der Waals surface area contributed by atoms with Gasteiger partial charge in [0.1, 0.15) is 0 Å². The second kappa shape index (κ2) is 27.7. The smallest absolute Gasteiger partial charge is 0.306 e. The normalized spacial score (nSPS) is 11.5. The van der Waals surface area contributed by atoms with Gasteiger partial charge in [0, 0.05) is 0 Å². The summed E-state index contributed by atoms with van der Waals surface area (Å²) in [6, 6.07) is 0. The molecule has 0 saturated heterocycles. The molecule has 0 aliphatic carbocycles. The highest BCUT2D eigenvalue weighted by molar-refractivity contribution is 5.77. The van der Waals surface area contributed by atoms with Crippen LogP contribution in [0.15, 0.2) is 24.3 Å². The molecule has 4 heteroatoms. The number of carbonyl (C=O) groups excluding carboxylic acids is 2. The Hall–Kier alpha value is -1.58. The molecular formula is C30H54O4. The van der Waals surface area contributed by atoms with Gasteiger partial charge >= 0.3 is 11.9 Å². The van der Waals surface area contributed by atoms with Gasteiger partial charge in [-0.15, -0.1) is 0 Å². The molecule has 0 atom stereocenters. The Morgan fingerprint density at radius 2 is 0.794 bits per heavy atom. The molecule has 0 aliphatic rings. The van der Waals surface area contributed by atoms with Crippen LogP contribution in [0.25, 0.3) is 0 Å². The molecule has 0 aromatic heterocycles. The predicted molar refractivity (Wildman–Crippen MR) is 144 cm³/mol. The van der Waals surface area contributed by atoms with Gasteiger partial charge in [-0.2, -0.15) is 0 Å². The number of esters is 2. The van der Waals surface area contributed by atoms with Crippen molar-refractivity contribution in [1.82, 2.24) is 0 Å². The van der Waals surface area contributed by atoms with Crippen LogP contribution in [0.4, 0.5) is 0 Å². The van der Waals surface area contributed by atoms with Crippen LogP contribution in [0.1, 0.15) is 142 Å². The van der Waals surface area contributed by atoms with Gasteiger partial charge in [0.2, 0.25) is 0 Å². The number of hydrogen-bond donors (Lipinski definition) is 0. The molecule has 0 aromatic carbocycles. The second-order valence-corrected chi connectivity index (χ2v) is 9.28. The Morgan fingerprint density at radius 3 is 1.18 bits per heavy atom. The van der Waals surface area contributed by atoms with Crippen molar-refractivity contribution in [2.24, 2.45) is 0 Å². The molecule has 0 aliphatic heterocycles. The maximum Gasteiger partial charge on any atom is 0.306 e. The van der Waals surface area contributed by atoms with E-state index in [1.54, 1.807) is 0 Å². The van der Waals surface area contributed by atoms with E-state index < -0.39 is 0 Å². The van der Waals surface area contributed by atoms with E-state index >= 15 is 0 Å². The molecule has 0 radical (unpaired) electrons. The monoisotopic (exact) mass is 478 g/mol. The first-order chi connectivity index (χ1) is 16.7. The number of unbranched alkanes of at least 4 members (excludes halogenated alkanes) is 14. The van der Waals surface area contributed by atoms with Crippen molar-refractivity contribution in [1.29, 1.82) is 0 Å². The Kier molecular flexibility index (Phi) is 26.4. The lowest BCUT2D eigenvalue weighted by atomic mass is 10.1. The van der Waals surface area contributed by atoms with E-state index in [4.69, 9.17) is 9.47 Å². The van der Waals surface area contributed by atoms with Gasteiger partial charge in [-0.05, 0) is 51.4 Å². The van der Waals surface area contributed by atoms with Gasteiger partial charge in [-0.1, -0.05) is 102 Å². The van der Waals surface area contributed by atoms with E-state index in [0.29, 0.717) is 13.2 Å². The van der Waals surface area contributed by atoms with Crippen molar-refractivity contribution in [2.75, 3.05) is 13.2 Å². The summed E-state index contributed by atoms with van der Waals surface area (Å²) in [5.74, 6) is -0.583. The quantitative estimate of drug-likeness (QED) is 0.0746. The standard InChI is InChI=1S/C30H54O4/c1-3-5-7-9-11-13-15-17-19-21-23-27-33-29(31)25-26-30(32)34-28-24-22-20-18-16-14-12-10-8-6-4-2/h7-10H,3-6,11-28H2,1-2H3/b9-7+,10-8+. The molecule has 0 fully saturated rings. The van der Waals surface area contributed by atoms with E-state index in [-0.39, 0.29) is 24.8 Å². The summed E-state index contributed by atoms with van der Waals surface area (Å²) in [6.07, 6.45) is 30.6. The van der Waals surface area contributed by atoms with Gasteiger partial charge in [0.05, 0.1) is 26.1 Å². The molecule has 34 heavy (non-hydrogen) atoms. The van der Waals surface area contributed by atoms with Gasteiger partial charge in [-0.3, -0.25) is 9.59 Å². The summed E-state index contributed by atoms with van der Waals surface area (Å²) in [6.45, 7) is 5.33. The Labute approximate surface area is 210 Å². The predicted octanol–water partition coefficient (Wildman–Crippen LogP) is 9.03. The fourth-order valence-electron chi connectivity index (χ4n) is 3.67. The van der Waals surface area contributed by atoms with E-state index in [2.05, 4.69) is 38.2 Å². The van der Waals surface area contributed by atoms with Gasteiger partial charge in [0.25, 0.3) is 0 Å². The zero-order chi connectivity index (χ0) is 25.0. The SMILES string of the molecule is CCC/C=C/CCCCCCCCOC(=O)CCC(=O)OCCCCCCCC/C=C/CCC. The van der Waals surface area contributed by atoms with Crippen molar-refractivity contribution in [3.63, 3.8) is 0 Å². The molecule has 4 nitrogen and oxygen atoms in total. The second-order valence-electron chi connectivity index (χ2n) is 9.28. The minimum absolute atomic E-state index is 0.122. The highest BCUT2D eigenvalue weighted by Crippen LogP contribution is 2.10. The van der Waals surface area contributed by atoms with Crippen molar-refractivity contribution in [2.45, 2.75) is 142 Å². The topological polar surface area (TPSA) is 52.6 Å². The Bertz CT molecular complexity index is 464. The first-order valence-electron chi connectivity index (χ1n) is 14.3. The van der Waals surface area contributed by atoms with Gasteiger partial charge < -0.3 is 9.47 Å². The molecule has 0 unspecified atom stereocenters. The lowest BCUT2D eigenvalue weighted by Gasteiger charge is -2.06. The molecule has 0 N–H and O–H groups in total.